The molecule has 28 heavy (non-hydrogen) atoms. The van der Waals surface area contributed by atoms with Gasteiger partial charge in [-0.05, 0) is 30.3 Å². The maximum absolute atomic E-state index is 12.7. The van der Waals surface area contributed by atoms with Crippen LogP contribution in [0.25, 0.3) is 32.2 Å². The lowest BCUT2D eigenvalue weighted by molar-refractivity contribution is 0.0992. The van der Waals surface area contributed by atoms with Crippen molar-refractivity contribution in [3.63, 3.8) is 0 Å². The first-order valence-electron chi connectivity index (χ1n) is 8.76. The summed E-state index contributed by atoms with van der Waals surface area (Å²) in [6, 6.07) is 9.60. The Hall–Kier alpha value is -3.45. The van der Waals surface area contributed by atoms with Gasteiger partial charge in [-0.2, -0.15) is 5.10 Å². The molecule has 4 heterocycles. The van der Waals surface area contributed by atoms with Gasteiger partial charge in [0.25, 0.3) is 0 Å². The molecule has 0 bridgehead atoms. The normalized spacial score (nSPS) is 11.3. The fraction of sp³-hybridized carbons (Fsp3) is 0.0952. The number of hydrogen-bond acceptors (Lipinski definition) is 6. The molecular formula is C21H15N5OS. The van der Waals surface area contributed by atoms with Crippen molar-refractivity contribution >= 4 is 38.2 Å². The number of hydrogen-bond donors (Lipinski definition) is 0. The minimum atomic E-state index is 0.0403. The van der Waals surface area contributed by atoms with E-state index in [0.29, 0.717) is 5.56 Å². The van der Waals surface area contributed by atoms with Crippen molar-refractivity contribution in [2.75, 3.05) is 0 Å². The van der Waals surface area contributed by atoms with Gasteiger partial charge in [-0.3, -0.25) is 19.4 Å². The molecule has 0 spiro atoms. The summed E-state index contributed by atoms with van der Waals surface area (Å²) in [5.74, 6) is 0.0403. The highest BCUT2D eigenvalue weighted by Crippen LogP contribution is 2.23. The summed E-state index contributed by atoms with van der Waals surface area (Å²) >= 11 is 1.53. The average Bonchev–Trinajstić information content (AvgIpc) is 3.35. The fourth-order valence-electron chi connectivity index (χ4n) is 3.20. The van der Waals surface area contributed by atoms with Crippen molar-refractivity contribution in [2.45, 2.75) is 6.42 Å². The number of carbonyl (C=O) groups excluding carboxylic acids is 1. The van der Waals surface area contributed by atoms with Gasteiger partial charge < -0.3 is 0 Å². The van der Waals surface area contributed by atoms with Crippen LogP contribution in [0.15, 0.2) is 60.6 Å². The van der Waals surface area contributed by atoms with E-state index in [0.717, 1.165) is 37.9 Å². The number of rotatable bonds is 4. The number of aromatic nitrogens is 5. The van der Waals surface area contributed by atoms with Crippen molar-refractivity contribution in [1.29, 1.82) is 0 Å². The summed E-state index contributed by atoms with van der Waals surface area (Å²) in [5, 5.41) is 5.17. The first-order valence-corrected chi connectivity index (χ1v) is 9.64. The van der Waals surface area contributed by atoms with Crippen LogP contribution in [0.1, 0.15) is 16.1 Å². The van der Waals surface area contributed by atoms with E-state index in [4.69, 9.17) is 0 Å². The van der Waals surface area contributed by atoms with Crippen LogP contribution in [-0.4, -0.2) is 30.5 Å². The number of aryl methyl sites for hydroxylation is 1. The zero-order valence-corrected chi connectivity index (χ0v) is 15.8. The molecule has 136 valence electrons. The quantitative estimate of drug-likeness (QED) is 0.436. The third-order valence-electron chi connectivity index (χ3n) is 4.66. The number of ketones is 1. The molecule has 1 aromatic carbocycles. The maximum atomic E-state index is 12.7. The van der Waals surface area contributed by atoms with Crippen molar-refractivity contribution in [2.24, 2.45) is 7.05 Å². The highest BCUT2D eigenvalue weighted by molar-refractivity contribution is 7.16. The minimum absolute atomic E-state index is 0.0403. The number of pyridine rings is 2. The molecule has 0 aliphatic heterocycles. The summed E-state index contributed by atoms with van der Waals surface area (Å²) < 4.78 is 2.78. The van der Waals surface area contributed by atoms with E-state index in [-0.39, 0.29) is 12.2 Å². The second-order valence-electron chi connectivity index (χ2n) is 6.63. The smallest absolute Gasteiger partial charge is 0.168 e. The van der Waals surface area contributed by atoms with Gasteiger partial charge in [0.05, 0.1) is 40.1 Å². The number of nitrogens with zero attached hydrogens (tertiary/aromatic N) is 5. The Labute approximate surface area is 164 Å². The Morgan fingerprint density at radius 3 is 2.79 bits per heavy atom. The summed E-state index contributed by atoms with van der Waals surface area (Å²) in [5.41, 5.74) is 6.91. The first kappa shape index (κ1) is 16.7. The second kappa shape index (κ2) is 6.61. The molecule has 5 aromatic rings. The van der Waals surface area contributed by atoms with Crippen LogP contribution in [-0.2, 0) is 13.5 Å². The summed E-state index contributed by atoms with van der Waals surface area (Å²) in [6.45, 7) is 0. The number of Topliss-reactive ketones (excluding diaryl/α,β-unsaturated/α-hetero) is 1. The molecule has 5 rings (SSSR count). The zero-order chi connectivity index (χ0) is 19.1. The lowest BCUT2D eigenvalue weighted by atomic mass is 10.0. The SMILES string of the molecule is Cn1cc(-c2cnc3cnc(CC(=O)c4ccc5ncsc5c4)cc3c2)cn1. The highest BCUT2D eigenvalue weighted by atomic mass is 32.1. The molecule has 0 fully saturated rings. The van der Waals surface area contributed by atoms with Crippen molar-refractivity contribution < 1.29 is 4.79 Å². The van der Waals surface area contributed by atoms with Crippen LogP contribution in [0.3, 0.4) is 0 Å². The van der Waals surface area contributed by atoms with Crippen LogP contribution >= 0.6 is 11.3 Å². The summed E-state index contributed by atoms with van der Waals surface area (Å²) in [4.78, 5) is 25.9. The number of benzene rings is 1. The van der Waals surface area contributed by atoms with Gasteiger partial charge in [0.2, 0.25) is 0 Å². The van der Waals surface area contributed by atoms with Crippen LogP contribution in [0.4, 0.5) is 0 Å². The first-order chi connectivity index (χ1) is 13.7. The average molecular weight is 385 g/mol. The molecule has 0 atom stereocenters. The standard InChI is InChI=1S/C21H15N5OS/c1-26-11-16(9-25-26)15-4-14-5-17(22-10-19(14)23-8-15)7-20(27)13-2-3-18-21(6-13)28-12-24-18/h2-6,8-12H,7H2,1H3. The van der Waals surface area contributed by atoms with E-state index in [1.165, 1.54) is 11.3 Å². The van der Waals surface area contributed by atoms with Gasteiger partial charge in [-0.1, -0.05) is 0 Å². The number of fused-ring (bicyclic) bond motifs is 2. The third kappa shape index (κ3) is 3.05. The molecule has 0 aliphatic rings. The van der Waals surface area contributed by atoms with Gasteiger partial charge in [0.15, 0.2) is 5.78 Å². The minimum Gasteiger partial charge on any atom is -0.294 e. The Kier molecular flexibility index (Phi) is 3.95. The molecule has 6 nitrogen and oxygen atoms in total. The molecule has 0 saturated carbocycles. The summed E-state index contributed by atoms with van der Waals surface area (Å²) in [6.07, 6.45) is 7.54. The molecule has 0 aliphatic carbocycles. The lowest BCUT2D eigenvalue weighted by Gasteiger charge is -2.05. The van der Waals surface area contributed by atoms with Crippen LogP contribution < -0.4 is 0 Å². The highest BCUT2D eigenvalue weighted by Gasteiger charge is 2.11. The second-order valence-corrected chi connectivity index (χ2v) is 7.52. The molecule has 0 amide bonds. The Morgan fingerprint density at radius 2 is 1.93 bits per heavy atom. The van der Waals surface area contributed by atoms with Gasteiger partial charge in [0, 0.05) is 47.2 Å². The predicted molar refractivity (Wildman–Crippen MR) is 109 cm³/mol. The molecule has 7 heteroatoms. The molecule has 0 radical (unpaired) electrons. The molecule has 0 unspecified atom stereocenters. The Balaban J connectivity index is 1.45. The van der Waals surface area contributed by atoms with Gasteiger partial charge in [-0.15, -0.1) is 11.3 Å². The third-order valence-corrected chi connectivity index (χ3v) is 5.45. The van der Waals surface area contributed by atoms with Crippen molar-refractivity contribution in [3.05, 3.63) is 71.9 Å². The molecular weight excluding hydrogens is 370 g/mol. The largest absolute Gasteiger partial charge is 0.294 e. The van der Waals surface area contributed by atoms with E-state index in [2.05, 4.69) is 26.1 Å². The van der Waals surface area contributed by atoms with Gasteiger partial charge in [-0.25, -0.2) is 4.98 Å². The van der Waals surface area contributed by atoms with Crippen molar-refractivity contribution in [1.82, 2.24) is 24.7 Å². The van der Waals surface area contributed by atoms with E-state index in [9.17, 15) is 4.79 Å². The fourth-order valence-corrected chi connectivity index (χ4v) is 3.91. The molecule has 0 saturated heterocycles. The monoisotopic (exact) mass is 385 g/mol. The van der Waals surface area contributed by atoms with Crippen LogP contribution in [0, 0.1) is 0 Å². The lowest BCUT2D eigenvalue weighted by Crippen LogP contribution is -2.05. The summed E-state index contributed by atoms with van der Waals surface area (Å²) in [7, 11) is 1.88. The van der Waals surface area contributed by atoms with E-state index < -0.39 is 0 Å². The van der Waals surface area contributed by atoms with Crippen LogP contribution in [0.2, 0.25) is 0 Å². The van der Waals surface area contributed by atoms with Gasteiger partial charge >= 0.3 is 0 Å². The van der Waals surface area contributed by atoms with E-state index >= 15 is 0 Å². The molecule has 0 N–H and O–H groups in total. The Morgan fingerprint density at radius 1 is 1.00 bits per heavy atom. The van der Waals surface area contributed by atoms with E-state index in [1.54, 1.807) is 16.4 Å². The van der Waals surface area contributed by atoms with Crippen LogP contribution in [0.5, 0.6) is 0 Å². The topological polar surface area (TPSA) is 73.6 Å². The predicted octanol–water partition coefficient (Wildman–Crippen LogP) is 4.07. The Bertz CT molecular complexity index is 1340. The maximum Gasteiger partial charge on any atom is 0.168 e. The zero-order valence-electron chi connectivity index (χ0n) is 15.0. The number of thiazole rings is 1. The van der Waals surface area contributed by atoms with E-state index in [1.807, 2.05) is 49.9 Å². The van der Waals surface area contributed by atoms with Crippen molar-refractivity contribution in [3.8, 4) is 11.1 Å². The van der Waals surface area contributed by atoms with Gasteiger partial charge in [0.1, 0.15) is 0 Å². The number of carbonyl (C=O) groups is 1. The molecule has 4 aromatic heterocycles.